The topological polar surface area (TPSA) is 122 Å². The summed E-state index contributed by atoms with van der Waals surface area (Å²) in [5, 5.41) is 14.2. The van der Waals surface area contributed by atoms with Crippen molar-refractivity contribution < 1.29 is 18.5 Å². The number of carbonyl (C=O) groups excluding carboxylic acids is 1. The van der Waals surface area contributed by atoms with Crippen LogP contribution in [0, 0.1) is 21.7 Å². The molecule has 148 valence electrons. The third-order valence-corrected chi connectivity index (χ3v) is 3.80. The quantitative estimate of drug-likeness (QED) is 0.409. The lowest BCUT2D eigenvalue weighted by molar-refractivity contribution is -0.383. The Bertz CT molecular complexity index is 1100. The second-order valence-electron chi connectivity index (χ2n) is 5.52. The lowest BCUT2D eigenvalue weighted by atomic mass is 10.2. The maximum absolute atomic E-state index is 13.8. The van der Waals surface area contributed by atoms with E-state index < -0.39 is 34.0 Å². The Labute approximate surface area is 166 Å². The van der Waals surface area contributed by atoms with Gasteiger partial charge in [-0.25, -0.2) is 18.7 Å². The van der Waals surface area contributed by atoms with Gasteiger partial charge >= 0.3 is 5.69 Å². The molecule has 3 aromatic rings. The molecule has 1 amide bonds. The second kappa shape index (κ2) is 8.44. The largest absolute Gasteiger partial charge is 0.355 e. The molecule has 0 bridgehead atoms. The van der Waals surface area contributed by atoms with Gasteiger partial charge in [-0.2, -0.15) is 0 Å². The number of nitrogens with zero attached hydrogens (tertiary/aromatic N) is 3. The monoisotopic (exact) mass is 420 g/mol. The van der Waals surface area contributed by atoms with Crippen LogP contribution in [0.1, 0.15) is 10.4 Å². The van der Waals surface area contributed by atoms with Crippen molar-refractivity contribution in [3.63, 3.8) is 0 Å². The number of carbonyl (C=O) groups is 1. The lowest BCUT2D eigenvalue weighted by Gasteiger charge is -2.11. The van der Waals surface area contributed by atoms with Crippen LogP contribution in [-0.2, 0) is 0 Å². The van der Waals surface area contributed by atoms with Crippen LogP contribution >= 0.6 is 11.6 Å². The number of nitro groups is 1. The van der Waals surface area contributed by atoms with Crippen LogP contribution < -0.4 is 16.2 Å². The van der Waals surface area contributed by atoms with Crippen molar-refractivity contribution in [2.75, 3.05) is 10.7 Å². The molecule has 3 rings (SSSR count). The number of anilines is 3. The van der Waals surface area contributed by atoms with Crippen molar-refractivity contribution in [3.8, 4) is 0 Å². The normalized spacial score (nSPS) is 10.3. The van der Waals surface area contributed by atoms with E-state index in [4.69, 9.17) is 11.6 Å². The van der Waals surface area contributed by atoms with E-state index in [0.717, 1.165) is 24.5 Å². The van der Waals surface area contributed by atoms with E-state index in [2.05, 4.69) is 26.1 Å². The number of hydrazine groups is 1. The van der Waals surface area contributed by atoms with Crippen LogP contribution in [0.4, 0.5) is 31.8 Å². The minimum atomic E-state index is -0.844. The molecule has 29 heavy (non-hydrogen) atoms. The zero-order chi connectivity index (χ0) is 21.0. The van der Waals surface area contributed by atoms with Crippen LogP contribution in [0.2, 0.25) is 5.02 Å². The van der Waals surface area contributed by atoms with Crippen LogP contribution in [0.3, 0.4) is 0 Å². The molecular weight excluding hydrogens is 410 g/mol. The summed E-state index contributed by atoms with van der Waals surface area (Å²) in [6, 6.07) is 8.58. The first-order valence-electron chi connectivity index (χ1n) is 7.88. The molecule has 1 aromatic heterocycles. The molecule has 0 atom stereocenters. The highest BCUT2D eigenvalue weighted by Crippen LogP contribution is 2.31. The highest BCUT2D eigenvalue weighted by atomic mass is 35.5. The Morgan fingerprint density at radius 1 is 1.10 bits per heavy atom. The van der Waals surface area contributed by atoms with Crippen LogP contribution in [0.5, 0.6) is 0 Å². The third-order valence-electron chi connectivity index (χ3n) is 3.57. The molecule has 3 N–H and O–H groups in total. The SMILES string of the molecule is O=C(NNc1ncnc(Nc2cc(F)ccc2F)c1[N+](=O)[O-])c1cccc(Cl)c1. The van der Waals surface area contributed by atoms with Gasteiger partial charge in [0.2, 0.25) is 11.6 Å². The van der Waals surface area contributed by atoms with Gasteiger partial charge in [0.05, 0.1) is 10.6 Å². The third kappa shape index (κ3) is 4.71. The van der Waals surface area contributed by atoms with Crippen molar-refractivity contribution in [1.29, 1.82) is 0 Å². The summed E-state index contributed by atoms with van der Waals surface area (Å²) in [5.41, 5.74) is 3.71. The van der Waals surface area contributed by atoms with Gasteiger partial charge in [-0.05, 0) is 30.3 Å². The van der Waals surface area contributed by atoms with E-state index in [0.29, 0.717) is 5.02 Å². The Balaban J connectivity index is 1.86. The van der Waals surface area contributed by atoms with Gasteiger partial charge in [0.1, 0.15) is 18.0 Å². The number of rotatable bonds is 6. The standard InChI is InChI=1S/C17H11ClF2N6O3/c18-10-3-1-2-9(6-10)17(27)25-24-16-14(26(28)29)15(21-8-22-16)23-13-7-11(19)4-5-12(13)20/h1-8H,(H,25,27)(H2,21,22,23,24). The van der Waals surface area contributed by atoms with E-state index in [1.807, 2.05) is 0 Å². The molecule has 0 fully saturated rings. The molecule has 0 radical (unpaired) electrons. The summed E-state index contributed by atoms with van der Waals surface area (Å²) >= 11 is 5.82. The molecule has 12 heteroatoms. The summed E-state index contributed by atoms with van der Waals surface area (Å²) < 4.78 is 27.2. The molecule has 0 spiro atoms. The van der Waals surface area contributed by atoms with E-state index in [1.165, 1.54) is 12.1 Å². The van der Waals surface area contributed by atoms with Gasteiger partial charge in [-0.1, -0.05) is 17.7 Å². The number of hydrogen-bond acceptors (Lipinski definition) is 7. The Kier molecular flexibility index (Phi) is 5.79. The summed E-state index contributed by atoms with van der Waals surface area (Å²) in [7, 11) is 0. The van der Waals surface area contributed by atoms with Crippen LogP contribution in [0.25, 0.3) is 0 Å². The number of nitrogens with one attached hydrogen (secondary N) is 3. The van der Waals surface area contributed by atoms with Gasteiger partial charge in [0, 0.05) is 16.7 Å². The number of amides is 1. The molecule has 0 aliphatic rings. The Hall–Kier alpha value is -3.86. The fourth-order valence-corrected chi connectivity index (χ4v) is 2.46. The van der Waals surface area contributed by atoms with Crippen molar-refractivity contribution in [1.82, 2.24) is 15.4 Å². The van der Waals surface area contributed by atoms with Crippen LogP contribution in [-0.4, -0.2) is 20.8 Å². The number of aromatic nitrogens is 2. The number of hydrogen-bond donors (Lipinski definition) is 3. The molecule has 2 aromatic carbocycles. The summed E-state index contributed by atoms with van der Waals surface area (Å²) in [6.07, 6.45) is 0.945. The second-order valence-corrected chi connectivity index (χ2v) is 5.95. The smallest absolute Gasteiger partial charge is 0.332 e. The van der Waals surface area contributed by atoms with E-state index in [9.17, 15) is 23.7 Å². The van der Waals surface area contributed by atoms with E-state index >= 15 is 0 Å². The average molecular weight is 421 g/mol. The van der Waals surface area contributed by atoms with Gasteiger partial charge in [0.15, 0.2) is 0 Å². The number of halogens is 3. The first kappa shape index (κ1) is 19.9. The molecule has 1 heterocycles. The highest BCUT2D eigenvalue weighted by Gasteiger charge is 2.24. The first-order valence-corrected chi connectivity index (χ1v) is 8.26. The maximum Gasteiger partial charge on any atom is 0.355 e. The van der Waals surface area contributed by atoms with E-state index in [-0.39, 0.29) is 17.1 Å². The fraction of sp³-hybridized carbons (Fsp3) is 0. The van der Waals surface area contributed by atoms with E-state index in [1.54, 1.807) is 12.1 Å². The summed E-state index contributed by atoms with van der Waals surface area (Å²) in [5.74, 6) is -3.01. The molecule has 0 aliphatic heterocycles. The van der Waals surface area contributed by atoms with Crippen molar-refractivity contribution in [2.45, 2.75) is 0 Å². The highest BCUT2D eigenvalue weighted by molar-refractivity contribution is 6.30. The molecule has 0 aliphatic carbocycles. The summed E-state index contributed by atoms with van der Waals surface area (Å²) in [6.45, 7) is 0. The van der Waals surface area contributed by atoms with Crippen molar-refractivity contribution in [2.24, 2.45) is 0 Å². The fourth-order valence-electron chi connectivity index (χ4n) is 2.27. The molecule has 9 nitrogen and oxygen atoms in total. The first-order chi connectivity index (χ1) is 13.8. The van der Waals surface area contributed by atoms with Gasteiger partial charge < -0.3 is 5.32 Å². The molecular formula is C17H11ClF2N6O3. The average Bonchev–Trinajstić information content (AvgIpc) is 2.68. The minimum Gasteiger partial charge on any atom is -0.332 e. The molecule has 0 unspecified atom stereocenters. The lowest BCUT2D eigenvalue weighted by Crippen LogP contribution is -2.30. The van der Waals surface area contributed by atoms with Gasteiger partial charge in [0.25, 0.3) is 5.91 Å². The maximum atomic E-state index is 13.8. The van der Waals surface area contributed by atoms with Crippen molar-refractivity contribution >= 4 is 40.5 Å². The zero-order valence-corrected chi connectivity index (χ0v) is 15.1. The minimum absolute atomic E-state index is 0.196. The Morgan fingerprint density at radius 2 is 1.86 bits per heavy atom. The molecule has 0 saturated heterocycles. The molecule has 0 saturated carbocycles. The predicted octanol–water partition coefficient (Wildman–Crippen LogP) is 3.82. The Morgan fingerprint density at radius 3 is 2.59 bits per heavy atom. The predicted molar refractivity (Wildman–Crippen MR) is 101 cm³/mol. The zero-order valence-electron chi connectivity index (χ0n) is 14.3. The van der Waals surface area contributed by atoms with Gasteiger partial charge in [-0.3, -0.25) is 25.8 Å². The van der Waals surface area contributed by atoms with Gasteiger partial charge in [-0.15, -0.1) is 0 Å². The van der Waals surface area contributed by atoms with Crippen molar-refractivity contribution in [3.05, 3.63) is 81.1 Å². The summed E-state index contributed by atoms with van der Waals surface area (Å²) in [4.78, 5) is 30.2. The van der Waals surface area contributed by atoms with Crippen LogP contribution in [0.15, 0.2) is 48.8 Å². The number of benzene rings is 2.